The fourth-order valence-electron chi connectivity index (χ4n) is 11.1. The van der Waals surface area contributed by atoms with Crippen LogP contribution in [0, 0.1) is 11.8 Å². The van der Waals surface area contributed by atoms with E-state index in [2.05, 4.69) is 42.0 Å². The van der Waals surface area contributed by atoms with Gasteiger partial charge in [-0.15, -0.1) is 11.8 Å². The molecule has 5 aromatic rings. The lowest BCUT2D eigenvalue weighted by atomic mass is 9.84. The number of amides is 7. The Kier molecular flexibility index (Phi) is 34.2. The number of carboxylic acid groups (broad SMARTS) is 2. The number of unbranched alkanes of at least 4 members (excludes halogenated alkanes) is 3. The fraction of sp³-hybridized carbons (Fsp3) is 0.442. The number of ether oxygens (including phenoxy) is 3. The monoisotopic (exact) mass is 1440 g/mol. The molecule has 0 unspecified atom stereocenters. The van der Waals surface area contributed by atoms with Crippen LogP contribution in [0.25, 0.3) is 0 Å². The molecule has 0 saturated carbocycles. The van der Waals surface area contributed by atoms with Crippen LogP contribution in [0.5, 0.6) is 0 Å². The summed E-state index contributed by atoms with van der Waals surface area (Å²) in [5.74, 6) is -9.60. The maximum Gasteiger partial charge on any atom is 0.408 e. The number of rotatable bonds is 44. The molecule has 0 radical (unpaired) electrons. The number of hydrogen-bond acceptors (Lipinski definition) is 17. The number of benzene rings is 5. The molecule has 0 spiro atoms. The average molecular weight is 1440 g/mol. The number of esters is 1. The van der Waals surface area contributed by atoms with E-state index < -0.39 is 156 Å². The minimum Gasteiger partial charge on any atom is -0.481 e. The SMILES string of the molecule is CC(=O)[C@H](CSC(c1ccccc1)(c1ccccc1)c1ccccc1)CC(=O)[C@H](CC(=O)OC(C)(C)C)NC(=O)[C@H](CNC(=O)[C@@H](CC(=O)[C@H](Cc1ccccc1)NC(=O)CCCCCCNC(=O)CC[C@H](NC(=O)N[C@@H](CCC(=O)O)OC=O)C(=O)O)Cc1ccccc1)NC(=O)OC(C)(C)C. The Morgan fingerprint density at radius 1 is 0.485 bits per heavy atom. The first-order valence-electron chi connectivity index (χ1n) is 34.4. The average Bonchev–Trinajstić information content (AvgIpc) is 0.757. The van der Waals surface area contributed by atoms with E-state index in [1.165, 1.54) is 18.7 Å². The van der Waals surface area contributed by atoms with Crippen LogP contribution in [0.3, 0.4) is 0 Å². The van der Waals surface area contributed by atoms with Crippen LogP contribution in [0.15, 0.2) is 152 Å². The Bertz CT molecular complexity index is 3520. The molecule has 9 N–H and O–H groups in total. The number of urea groups is 1. The fourth-order valence-corrected chi connectivity index (χ4v) is 12.8. The quantitative estimate of drug-likeness (QED) is 0.00440. The molecule has 0 aromatic heterocycles. The minimum atomic E-state index is -1.67. The zero-order chi connectivity index (χ0) is 75.5. The highest BCUT2D eigenvalue weighted by molar-refractivity contribution is 8.00. The standard InChI is InChI=1S/C77H97N7O18S/c1-51(86)55(49-103-77(56-31-19-12-20-32-56,57-33-21-13-22-34-57)58-35-23-14-24-36-58)46-64(88)61(47-69(93)101-75(2,3)4)81-71(95)62(83-74(99)102-76(5,6)7)48-79-70(94)54(43-52-27-15-10-16-28-52)45-63(87)60(44-53-29-17-11-18-30-53)80-66(90)37-25-8-9-26-42-78-65(89)39-38-59(72(96)97)82-73(98)84-67(100-50-85)40-41-68(91)92/h10-24,27-36,50,54-55,59-62,67H,8-9,25-26,37-49H2,1-7H3,(H,78,89)(H,79,94)(H,80,90)(H,81,95)(H,83,99)(H,91,92)(H,96,97)(H2,82,84,98)/t54-,55+,59+,60+,61+,62+,67-/m1/s1. The molecule has 103 heavy (non-hydrogen) atoms. The summed E-state index contributed by atoms with van der Waals surface area (Å²) in [6.45, 7) is 10.7. The molecule has 5 rings (SSSR count). The van der Waals surface area contributed by atoms with Crippen LogP contribution in [0.1, 0.15) is 153 Å². The van der Waals surface area contributed by atoms with Gasteiger partial charge in [-0.2, -0.15) is 0 Å². The van der Waals surface area contributed by atoms with Crippen LogP contribution >= 0.6 is 11.8 Å². The Hall–Kier alpha value is -10.2. The molecule has 0 aliphatic rings. The third-order valence-electron chi connectivity index (χ3n) is 16.2. The Labute approximate surface area is 605 Å². The van der Waals surface area contributed by atoms with Gasteiger partial charge < -0.3 is 61.6 Å². The van der Waals surface area contributed by atoms with E-state index in [-0.39, 0.29) is 63.1 Å². The predicted molar refractivity (Wildman–Crippen MR) is 386 cm³/mol. The van der Waals surface area contributed by atoms with Crippen molar-refractivity contribution in [3.8, 4) is 0 Å². The third-order valence-corrected chi connectivity index (χ3v) is 18.0. The second kappa shape index (κ2) is 42.2. The lowest BCUT2D eigenvalue weighted by Crippen LogP contribution is -2.57. The summed E-state index contributed by atoms with van der Waals surface area (Å²) in [6, 6.07) is 40.2. The summed E-state index contributed by atoms with van der Waals surface area (Å²) < 4.78 is 15.0. The normalized spacial score (nSPS) is 13.4. The van der Waals surface area contributed by atoms with Crippen molar-refractivity contribution in [2.24, 2.45) is 11.8 Å². The zero-order valence-electron chi connectivity index (χ0n) is 59.4. The Morgan fingerprint density at radius 2 is 1.00 bits per heavy atom. The van der Waals surface area contributed by atoms with E-state index in [0.717, 1.165) is 16.7 Å². The van der Waals surface area contributed by atoms with Crippen molar-refractivity contribution in [3.63, 3.8) is 0 Å². The largest absolute Gasteiger partial charge is 0.481 e. The smallest absolute Gasteiger partial charge is 0.408 e. The summed E-state index contributed by atoms with van der Waals surface area (Å²) in [5.41, 5.74) is 2.07. The first-order chi connectivity index (χ1) is 48.9. The molecule has 0 bridgehead atoms. The van der Waals surface area contributed by atoms with Gasteiger partial charge in [-0.05, 0) is 108 Å². The molecule has 0 saturated heterocycles. The second-order valence-electron chi connectivity index (χ2n) is 26.9. The molecule has 0 aliphatic heterocycles. The number of carbonyl (C=O) groups excluding carboxylic acids is 11. The second-order valence-corrected chi connectivity index (χ2v) is 28.2. The van der Waals surface area contributed by atoms with E-state index in [1.807, 2.05) is 91.0 Å². The van der Waals surface area contributed by atoms with E-state index in [9.17, 15) is 67.4 Å². The molecule has 7 amide bonds. The number of Topliss-reactive ketones (excluding diaryl/α,β-unsaturated/α-hetero) is 3. The number of hydrogen-bond donors (Lipinski definition) is 9. The molecule has 25 nitrogen and oxygen atoms in total. The first-order valence-corrected chi connectivity index (χ1v) is 35.3. The summed E-state index contributed by atoms with van der Waals surface area (Å²) in [5, 5.41) is 36.4. The number of nitrogens with one attached hydrogen (secondary N) is 7. The number of thioether (sulfide) groups is 1. The first kappa shape index (κ1) is 83.4. The van der Waals surface area contributed by atoms with E-state index in [4.69, 9.17) is 14.6 Å². The van der Waals surface area contributed by atoms with Crippen molar-refractivity contribution in [1.29, 1.82) is 0 Å². The lowest BCUT2D eigenvalue weighted by Gasteiger charge is -2.36. The zero-order valence-corrected chi connectivity index (χ0v) is 60.2. The van der Waals surface area contributed by atoms with Crippen molar-refractivity contribution >= 4 is 89.2 Å². The van der Waals surface area contributed by atoms with Gasteiger partial charge in [-0.25, -0.2) is 14.4 Å². The van der Waals surface area contributed by atoms with Crippen LogP contribution < -0.4 is 37.2 Å². The van der Waals surface area contributed by atoms with Crippen LogP contribution in [-0.4, -0.2) is 148 Å². The highest BCUT2D eigenvalue weighted by atomic mass is 32.2. The molecule has 7 atom stereocenters. The van der Waals surface area contributed by atoms with E-state index >= 15 is 0 Å². The predicted octanol–water partition coefficient (Wildman–Crippen LogP) is 8.61. The molecule has 0 aliphatic carbocycles. The summed E-state index contributed by atoms with van der Waals surface area (Å²) in [6.07, 6.45) is -3.08. The van der Waals surface area contributed by atoms with Crippen molar-refractivity contribution in [2.75, 3.05) is 18.8 Å². The maximum atomic E-state index is 14.9. The third kappa shape index (κ3) is 30.5. The molecule has 554 valence electrons. The topological polar surface area (TPSA) is 374 Å². The summed E-state index contributed by atoms with van der Waals surface area (Å²) in [7, 11) is 0. The number of aliphatic carboxylic acids is 2. The van der Waals surface area contributed by atoms with Crippen molar-refractivity contribution in [1.82, 2.24) is 37.2 Å². The van der Waals surface area contributed by atoms with E-state index in [0.29, 0.717) is 36.8 Å². The number of carbonyl (C=O) groups is 13. The molecular formula is C77H97N7O18S. The van der Waals surface area contributed by atoms with Crippen molar-refractivity contribution in [3.05, 3.63) is 179 Å². The maximum absolute atomic E-state index is 14.9. The van der Waals surface area contributed by atoms with Gasteiger partial charge in [-0.3, -0.25) is 47.9 Å². The van der Waals surface area contributed by atoms with Gasteiger partial charge in [-0.1, -0.05) is 165 Å². The van der Waals surface area contributed by atoms with Gasteiger partial charge in [0.2, 0.25) is 23.6 Å². The lowest BCUT2D eigenvalue weighted by molar-refractivity contribution is -0.156. The van der Waals surface area contributed by atoms with Gasteiger partial charge in [0.25, 0.3) is 6.47 Å². The minimum absolute atomic E-state index is 0.00462. The summed E-state index contributed by atoms with van der Waals surface area (Å²) in [4.78, 5) is 173. The molecule has 26 heteroatoms. The van der Waals surface area contributed by atoms with E-state index in [1.54, 1.807) is 102 Å². The number of ketones is 3. The van der Waals surface area contributed by atoms with Gasteiger partial charge >= 0.3 is 30.0 Å². The highest BCUT2D eigenvalue weighted by Crippen LogP contribution is 2.49. The molecular weight excluding hydrogens is 1340 g/mol. The summed E-state index contributed by atoms with van der Waals surface area (Å²) >= 11 is 1.47. The molecule has 5 aromatic carbocycles. The van der Waals surface area contributed by atoms with Gasteiger partial charge in [0.15, 0.2) is 17.8 Å². The Balaban J connectivity index is 1.29. The van der Waals surface area contributed by atoms with Gasteiger partial charge in [0.05, 0.1) is 29.7 Å². The van der Waals surface area contributed by atoms with Crippen LogP contribution in [0.4, 0.5) is 9.59 Å². The van der Waals surface area contributed by atoms with Crippen LogP contribution in [-0.2, 0) is 84.5 Å². The van der Waals surface area contributed by atoms with Gasteiger partial charge in [0.1, 0.15) is 29.1 Å². The van der Waals surface area contributed by atoms with Crippen molar-refractivity contribution in [2.45, 2.75) is 185 Å². The number of carboxylic acids is 2. The van der Waals surface area contributed by atoms with Gasteiger partial charge in [0, 0.05) is 62.8 Å². The number of alkyl carbamates (subject to hydrolysis) is 1. The van der Waals surface area contributed by atoms with Crippen molar-refractivity contribution < 1.29 is 86.8 Å². The highest BCUT2D eigenvalue weighted by Gasteiger charge is 2.40. The van der Waals surface area contributed by atoms with Crippen LogP contribution in [0.2, 0.25) is 0 Å². The molecule has 0 heterocycles. The Morgan fingerprint density at radius 3 is 1.51 bits per heavy atom. The molecule has 0 fully saturated rings.